The maximum absolute atomic E-state index is 9.91. The highest BCUT2D eigenvalue weighted by Gasteiger charge is 2.23. The van der Waals surface area contributed by atoms with Crippen LogP contribution in [0.25, 0.3) is 0 Å². The molecule has 0 heterocycles. The first-order valence-electron chi connectivity index (χ1n) is 6.23. The molecule has 3 N–H and O–H groups in total. The van der Waals surface area contributed by atoms with Gasteiger partial charge in [-0.15, -0.1) is 12.4 Å². The van der Waals surface area contributed by atoms with E-state index in [1.165, 1.54) is 32.1 Å². The summed E-state index contributed by atoms with van der Waals surface area (Å²) < 4.78 is 0. The molecule has 0 aromatic heterocycles. The van der Waals surface area contributed by atoms with E-state index in [4.69, 9.17) is 5.73 Å². The molecule has 1 aromatic carbocycles. The minimum atomic E-state index is 0. The Kier molecular flexibility index (Phi) is 5.29. The Morgan fingerprint density at radius 1 is 1.24 bits per heavy atom. The normalized spacial score (nSPS) is 18.5. The van der Waals surface area contributed by atoms with Crippen LogP contribution in [-0.4, -0.2) is 5.11 Å². The first-order chi connectivity index (χ1) is 7.68. The fourth-order valence-corrected chi connectivity index (χ4v) is 2.68. The molecule has 3 heteroatoms. The van der Waals surface area contributed by atoms with Gasteiger partial charge in [0.15, 0.2) is 0 Å². The molecule has 0 saturated heterocycles. The summed E-state index contributed by atoms with van der Waals surface area (Å²) in [7, 11) is 0. The lowest BCUT2D eigenvalue weighted by atomic mass is 9.81. The summed E-state index contributed by atoms with van der Waals surface area (Å²) in [6, 6.07) is 5.81. The number of nitrogens with two attached hydrogens (primary N) is 1. The second kappa shape index (κ2) is 6.27. The Balaban J connectivity index is 0.00000144. The second-order valence-corrected chi connectivity index (χ2v) is 4.99. The van der Waals surface area contributed by atoms with Crippen molar-refractivity contribution in [3.63, 3.8) is 0 Å². The molecule has 0 spiro atoms. The number of halogens is 1. The quantitative estimate of drug-likeness (QED) is 0.846. The largest absolute Gasteiger partial charge is 0.508 e. The third-order valence-electron chi connectivity index (χ3n) is 3.70. The van der Waals surface area contributed by atoms with Gasteiger partial charge in [0.1, 0.15) is 5.75 Å². The summed E-state index contributed by atoms with van der Waals surface area (Å²) in [5.74, 6) is 0.903. The van der Waals surface area contributed by atoms with Crippen molar-refractivity contribution in [3.05, 3.63) is 29.3 Å². The van der Waals surface area contributed by atoms with E-state index in [0.717, 1.165) is 11.1 Å². The SMILES string of the molecule is Cc1ccc([C@@H](N)C2CCCCC2)c(O)c1.Cl. The summed E-state index contributed by atoms with van der Waals surface area (Å²) in [6.07, 6.45) is 6.31. The zero-order valence-electron chi connectivity index (χ0n) is 10.4. The summed E-state index contributed by atoms with van der Waals surface area (Å²) in [6.45, 7) is 1.98. The summed E-state index contributed by atoms with van der Waals surface area (Å²) >= 11 is 0. The van der Waals surface area contributed by atoms with Crippen molar-refractivity contribution in [1.29, 1.82) is 0 Å². The van der Waals surface area contributed by atoms with Crippen LogP contribution >= 0.6 is 12.4 Å². The second-order valence-electron chi connectivity index (χ2n) is 4.99. The van der Waals surface area contributed by atoms with E-state index < -0.39 is 0 Å². The Labute approximate surface area is 110 Å². The van der Waals surface area contributed by atoms with Crippen molar-refractivity contribution >= 4 is 12.4 Å². The number of phenols is 1. The molecule has 0 radical (unpaired) electrons. The number of hydrogen-bond donors (Lipinski definition) is 2. The van der Waals surface area contributed by atoms with Crippen molar-refractivity contribution in [3.8, 4) is 5.75 Å². The highest BCUT2D eigenvalue weighted by Crippen LogP contribution is 2.36. The van der Waals surface area contributed by atoms with Crippen LogP contribution in [0, 0.1) is 12.8 Å². The summed E-state index contributed by atoms with van der Waals surface area (Å²) in [4.78, 5) is 0. The molecule has 0 amide bonds. The Morgan fingerprint density at radius 2 is 1.88 bits per heavy atom. The van der Waals surface area contributed by atoms with E-state index in [9.17, 15) is 5.11 Å². The number of benzene rings is 1. The molecular formula is C14H22ClNO. The minimum absolute atomic E-state index is 0. The van der Waals surface area contributed by atoms with E-state index >= 15 is 0 Å². The molecule has 96 valence electrons. The highest BCUT2D eigenvalue weighted by molar-refractivity contribution is 5.85. The maximum Gasteiger partial charge on any atom is 0.120 e. The Bertz CT molecular complexity index is 361. The zero-order valence-corrected chi connectivity index (χ0v) is 11.2. The molecule has 0 unspecified atom stereocenters. The summed E-state index contributed by atoms with van der Waals surface area (Å²) in [5, 5.41) is 9.91. The first-order valence-corrected chi connectivity index (χ1v) is 6.23. The molecule has 1 aliphatic rings. The van der Waals surface area contributed by atoms with Gasteiger partial charge in [-0.1, -0.05) is 31.4 Å². The lowest BCUT2D eigenvalue weighted by Gasteiger charge is -2.28. The highest BCUT2D eigenvalue weighted by atomic mass is 35.5. The number of aryl methyl sites for hydroxylation is 1. The van der Waals surface area contributed by atoms with Gasteiger partial charge in [0.25, 0.3) is 0 Å². The van der Waals surface area contributed by atoms with Gasteiger partial charge in [0.05, 0.1) is 0 Å². The van der Waals surface area contributed by atoms with Crippen LogP contribution in [0.1, 0.15) is 49.3 Å². The van der Waals surface area contributed by atoms with Crippen molar-refractivity contribution in [2.24, 2.45) is 11.7 Å². The van der Waals surface area contributed by atoms with Gasteiger partial charge in [0.2, 0.25) is 0 Å². The van der Waals surface area contributed by atoms with Crippen LogP contribution in [0.15, 0.2) is 18.2 Å². The number of phenolic OH excluding ortho intramolecular Hbond substituents is 1. The molecule has 0 bridgehead atoms. The van der Waals surface area contributed by atoms with Crippen LogP contribution in [0.5, 0.6) is 5.75 Å². The van der Waals surface area contributed by atoms with E-state index in [-0.39, 0.29) is 18.4 Å². The molecule has 1 atom stereocenters. The molecule has 1 fully saturated rings. The third-order valence-corrected chi connectivity index (χ3v) is 3.70. The predicted octanol–water partition coefficient (Wildman–Crippen LogP) is 3.70. The molecule has 0 aliphatic heterocycles. The van der Waals surface area contributed by atoms with Crippen LogP contribution in [0.4, 0.5) is 0 Å². The van der Waals surface area contributed by atoms with Gasteiger partial charge in [-0.2, -0.15) is 0 Å². The van der Waals surface area contributed by atoms with Crippen molar-refractivity contribution in [2.75, 3.05) is 0 Å². The average Bonchev–Trinajstić information content (AvgIpc) is 2.29. The summed E-state index contributed by atoms with van der Waals surface area (Å²) in [5.41, 5.74) is 8.26. The van der Waals surface area contributed by atoms with Gasteiger partial charge >= 0.3 is 0 Å². The van der Waals surface area contributed by atoms with Crippen molar-refractivity contribution < 1.29 is 5.11 Å². The maximum atomic E-state index is 9.91. The van der Waals surface area contributed by atoms with Gasteiger partial charge in [0, 0.05) is 11.6 Å². The molecule has 2 nitrogen and oxygen atoms in total. The topological polar surface area (TPSA) is 46.2 Å². The van der Waals surface area contributed by atoms with Gasteiger partial charge in [-0.3, -0.25) is 0 Å². The van der Waals surface area contributed by atoms with Gasteiger partial charge in [-0.25, -0.2) is 0 Å². The van der Waals surface area contributed by atoms with E-state index in [1.54, 1.807) is 6.07 Å². The standard InChI is InChI=1S/C14H21NO.ClH/c1-10-7-8-12(13(16)9-10)14(15)11-5-3-2-4-6-11;/h7-9,11,14,16H,2-6,15H2,1H3;1H/t14-;/m0./s1. The molecule has 1 aliphatic carbocycles. The fraction of sp³-hybridized carbons (Fsp3) is 0.571. The third kappa shape index (κ3) is 3.36. The molecule has 2 rings (SSSR count). The monoisotopic (exact) mass is 255 g/mol. The molecular weight excluding hydrogens is 234 g/mol. The van der Waals surface area contributed by atoms with Crippen LogP contribution in [0.3, 0.4) is 0 Å². The van der Waals surface area contributed by atoms with Crippen LogP contribution in [-0.2, 0) is 0 Å². The van der Waals surface area contributed by atoms with Crippen LogP contribution in [0.2, 0.25) is 0 Å². The number of aromatic hydroxyl groups is 1. The van der Waals surface area contributed by atoms with Crippen molar-refractivity contribution in [1.82, 2.24) is 0 Å². The van der Waals surface area contributed by atoms with E-state index in [1.807, 2.05) is 19.1 Å². The molecule has 17 heavy (non-hydrogen) atoms. The van der Waals surface area contributed by atoms with Crippen molar-refractivity contribution in [2.45, 2.75) is 45.1 Å². The van der Waals surface area contributed by atoms with E-state index in [0.29, 0.717) is 11.7 Å². The molecule has 1 aromatic rings. The van der Waals surface area contributed by atoms with E-state index in [2.05, 4.69) is 0 Å². The fourth-order valence-electron chi connectivity index (χ4n) is 2.68. The lowest BCUT2D eigenvalue weighted by molar-refractivity contribution is 0.303. The first kappa shape index (κ1) is 14.3. The number of rotatable bonds is 2. The lowest BCUT2D eigenvalue weighted by Crippen LogP contribution is -2.23. The van der Waals surface area contributed by atoms with Crippen LogP contribution < -0.4 is 5.73 Å². The average molecular weight is 256 g/mol. The Hall–Kier alpha value is -0.730. The van der Waals surface area contributed by atoms with Gasteiger partial charge < -0.3 is 10.8 Å². The minimum Gasteiger partial charge on any atom is -0.508 e. The van der Waals surface area contributed by atoms with Gasteiger partial charge in [-0.05, 0) is 37.3 Å². The molecule has 1 saturated carbocycles. The zero-order chi connectivity index (χ0) is 11.5. The number of hydrogen-bond acceptors (Lipinski definition) is 2. The smallest absolute Gasteiger partial charge is 0.120 e. The predicted molar refractivity (Wildman–Crippen MR) is 73.6 cm³/mol. The Morgan fingerprint density at radius 3 is 2.47 bits per heavy atom.